The predicted octanol–water partition coefficient (Wildman–Crippen LogP) is 8.58. The zero-order chi connectivity index (χ0) is 31.6. The number of methoxy groups -OCH3 is 1. The van der Waals surface area contributed by atoms with Gasteiger partial charge in [0.2, 0.25) is 0 Å². The summed E-state index contributed by atoms with van der Waals surface area (Å²) in [6, 6.07) is 17.0. The molecule has 3 unspecified atom stereocenters. The summed E-state index contributed by atoms with van der Waals surface area (Å²) in [5, 5.41) is 0.559. The van der Waals surface area contributed by atoms with E-state index >= 15 is 4.39 Å². The Hall–Kier alpha value is -3.33. The predicted molar refractivity (Wildman–Crippen MR) is 168 cm³/mol. The first-order valence-electron chi connectivity index (χ1n) is 15.2. The quantitative estimate of drug-likeness (QED) is 0.165. The molecule has 6 nitrogen and oxygen atoms in total. The maximum Gasteiger partial charge on any atom is 0.337 e. The third-order valence-corrected chi connectivity index (χ3v) is 9.65. The highest BCUT2D eigenvalue weighted by Gasteiger charge is 2.62. The Labute approximate surface area is 262 Å². The molecule has 0 aliphatic heterocycles. The first kappa shape index (κ1) is 32.1. The Morgan fingerprint density at radius 3 is 2.11 bits per heavy atom. The van der Waals surface area contributed by atoms with Crippen LogP contribution in [0.2, 0.25) is 5.02 Å². The van der Waals surface area contributed by atoms with Crippen molar-refractivity contribution < 1.29 is 27.8 Å². The normalized spacial score (nSPS) is 21.7. The van der Waals surface area contributed by atoms with Crippen LogP contribution in [0.5, 0.6) is 0 Å². The van der Waals surface area contributed by atoms with E-state index < -0.39 is 28.6 Å². The average Bonchev–Trinajstić information content (AvgIpc) is 3.39. The lowest BCUT2D eigenvalue weighted by atomic mass is 9.53. The van der Waals surface area contributed by atoms with Crippen LogP contribution in [0.1, 0.15) is 69.3 Å². The van der Waals surface area contributed by atoms with Crippen LogP contribution in [0, 0.1) is 17.0 Å². The van der Waals surface area contributed by atoms with E-state index in [4.69, 9.17) is 30.8 Å². The number of nitrogens with zero attached hydrogens (tertiary/aromatic N) is 2. The molecule has 5 rings (SSSR count). The maximum absolute atomic E-state index is 15.2. The Balaban J connectivity index is 1.97. The van der Waals surface area contributed by atoms with E-state index in [0.717, 1.165) is 36.5 Å². The van der Waals surface area contributed by atoms with Crippen molar-refractivity contribution >= 4 is 28.6 Å². The van der Waals surface area contributed by atoms with Gasteiger partial charge in [0.15, 0.2) is 11.6 Å². The highest BCUT2D eigenvalue weighted by atomic mass is 35.5. The summed E-state index contributed by atoms with van der Waals surface area (Å²) in [5.41, 5.74) is 1.16. The van der Waals surface area contributed by atoms with Gasteiger partial charge >= 0.3 is 5.97 Å². The highest BCUT2D eigenvalue weighted by Crippen LogP contribution is 2.60. The molecule has 0 saturated heterocycles. The lowest BCUT2D eigenvalue weighted by molar-refractivity contribution is -0.173. The summed E-state index contributed by atoms with van der Waals surface area (Å²) in [4.78, 5) is 17.4. The summed E-state index contributed by atoms with van der Waals surface area (Å²) in [5.74, 6) is -1.84. The van der Waals surface area contributed by atoms with E-state index in [1.165, 1.54) is 13.2 Å². The van der Waals surface area contributed by atoms with Crippen LogP contribution < -0.4 is 0 Å². The van der Waals surface area contributed by atoms with E-state index in [9.17, 15) is 9.18 Å². The lowest BCUT2D eigenvalue weighted by Crippen LogP contribution is -2.64. The monoisotopic (exact) mass is 624 g/mol. The fraction of sp³-hybridized carbons (Fsp3) is 0.429. The van der Waals surface area contributed by atoms with Crippen molar-refractivity contribution in [1.29, 1.82) is 0 Å². The van der Waals surface area contributed by atoms with Gasteiger partial charge in [0.25, 0.3) is 0 Å². The minimum absolute atomic E-state index is 0.324. The van der Waals surface area contributed by atoms with Gasteiger partial charge in [-0.2, -0.15) is 0 Å². The average molecular weight is 625 g/mol. The SMILES string of the molecule is CCOC(C)C1(C(C)OCC)CCCCC1(c1ccc(C(=O)OC)cc1)n1c(-c2ccc(Cl)cc2)nc2cc(F)c(F)cc21. The number of hydrogen-bond acceptors (Lipinski definition) is 5. The Morgan fingerprint density at radius 1 is 0.932 bits per heavy atom. The van der Waals surface area contributed by atoms with Gasteiger partial charge in [-0.05, 0) is 82.5 Å². The molecule has 0 radical (unpaired) electrons. The number of aromatic nitrogens is 2. The molecule has 0 bridgehead atoms. The minimum Gasteiger partial charge on any atom is -0.465 e. The second-order valence-corrected chi connectivity index (χ2v) is 11.8. The van der Waals surface area contributed by atoms with Crippen molar-refractivity contribution in [2.75, 3.05) is 20.3 Å². The molecule has 1 saturated carbocycles. The number of ether oxygens (including phenoxy) is 3. The Morgan fingerprint density at radius 2 is 1.52 bits per heavy atom. The topological polar surface area (TPSA) is 62.6 Å². The molecule has 3 aromatic carbocycles. The third-order valence-electron chi connectivity index (χ3n) is 9.40. The number of carbonyl (C=O) groups excluding carboxylic acids is 1. The molecule has 1 aliphatic rings. The number of halogens is 3. The van der Waals surface area contributed by atoms with Crippen LogP contribution in [0.25, 0.3) is 22.4 Å². The van der Waals surface area contributed by atoms with Crippen LogP contribution in [-0.4, -0.2) is 48.1 Å². The zero-order valence-corrected chi connectivity index (χ0v) is 26.6. The van der Waals surface area contributed by atoms with Gasteiger partial charge in [0.05, 0.1) is 46.9 Å². The molecule has 1 fully saturated rings. The van der Waals surface area contributed by atoms with Crippen molar-refractivity contribution in [3.05, 3.63) is 88.4 Å². The summed E-state index contributed by atoms with van der Waals surface area (Å²) < 4.78 is 50.0. The summed E-state index contributed by atoms with van der Waals surface area (Å²) in [6.45, 7) is 9.04. The molecule has 1 aliphatic carbocycles. The molecule has 0 amide bonds. The molecule has 9 heteroatoms. The number of imidazole rings is 1. The van der Waals surface area contributed by atoms with Crippen LogP contribution in [0.15, 0.2) is 60.7 Å². The highest BCUT2D eigenvalue weighted by molar-refractivity contribution is 6.30. The van der Waals surface area contributed by atoms with E-state index in [0.29, 0.717) is 47.1 Å². The summed E-state index contributed by atoms with van der Waals surface area (Å²) in [6.07, 6.45) is 2.48. The molecule has 234 valence electrons. The van der Waals surface area contributed by atoms with Crippen molar-refractivity contribution in [3.63, 3.8) is 0 Å². The van der Waals surface area contributed by atoms with E-state index in [2.05, 4.69) is 18.4 Å². The number of esters is 1. The van der Waals surface area contributed by atoms with Gasteiger partial charge in [0, 0.05) is 35.9 Å². The molecular formula is C35H39ClF2N2O4. The molecule has 1 aromatic heterocycles. The van der Waals surface area contributed by atoms with Crippen molar-refractivity contribution in [2.45, 2.75) is 71.1 Å². The Bertz CT molecular complexity index is 1610. The fourth-order valence-corrected chi connectivity index (χ4v) is 7.68. The molecule has 1 heterocycles. The number of benzene rings is 3. The van der Waals surface area contributed by atoms with Crippen LogP contribution in [0.4, 0.5) is 8.78 Å². The maximum atomic E-state index is 15.2. The van der Waals surface area contributed by atoms with Gasteiger partial charge in [-0.25, -0.2) is 18.6 Å². The second kappa shape index (κ2) is 13.0. The fourth-order valence-electron chi connectivity index (χ4n) is 7.56. The number of fused-ring (bicyclic) bond motifs is 1. The molecular weight excluding hydrogens is 586 g/mol. The first-order valence-corrected chi connectivity index (χ1v) is 15.6. The number of rotatable bonds is 10. The van der Waals surface area contributed by atoms with Gasteiger partial charge in [-0.15, -0.1) is 0 Å². The van der Waals surface area contributed by atoms with Gasteiger partial charge in [-0.1, -0.05) is 36.6 Å². The van der Waals surface area contributed by atoms with Crippen molar-refractivity contribution in [1.82, 2.24) is 9.55 Å². The van der Waals surface area contributed by atoms with E-state index in [1.807, 2.05) is 38.1 Å². The number of carbonyl (C=O) groups is 1. The molecule has 0 spiro atoms. The van der Waals surface area contributed by atoms with Crippen molar-refractivity contribution in [2.24, 2.45) is 5.41 Å². The van der Waals surface area contributed by atoms with E-state index in [1.54, 1.807) is 24.3 Å². The van der Waals surface area contributed by atoms with Gasteiger partial charge < -0.3 is 18.8 Å². The largest absolute Gasteiger partial charge is 0.465 e. The molecule has 4 aromatic rings. The molecule has 44 heavy (non-hydrogen) atoms. The van der Waals surface area contributed by atoms with Gasteiger partial charge in [-0.3, -0.25) is 0 Å². The van der Waals surface area contributed by atoms with Crippen LogP contribution in [0.3, 0.4) is 0 Å². The lowest BCUT2D eigenvalue weighted by Gasteiger charge is -2.60. The van der Waals surface area contributed by atoms with E-state index in [-0.39, 0.29) is 12.2 Å². The molecule has 3 atom stereocenters. The first-order chi connectivity index (χ1) is 21.1. The Kier molecular flexibility index (Phi) is 9.44. The minimum atomic E-state index is -0.971. The number of hydrogen-bond donors (Lipinski definition) is 0. The molecule has 0 N–H and O–H groups in total. The van der Waals surface area contributed by atoms with Gasteiger partial charge in [0.1, 0.15) is 5.82 Å². The standard InChI is InChI=1S/C35H39ClF2N2O4/c1-6-43-22(3)34(23(4)44-7-2)18-8-9-19-35(34,26-14-10-25(11-15-26)33(41)42-5)40-31-21-29(38)28(37)20-30(31)39-32(40)24-12-16-27(36)17-13-24/h10-17,20-23H,6-9,18-19H2,1-5H3. The zero-order valence-electron chi connectivity index (χ0n) is 25.8. The van der Waals surface area contributed by atoms with Crippen LogP contribution >= 0.6 is 11.6 Å². The van der Waals surface area contributed by atoms with Crippen LogP contribution in [-0.2, 0) is 19.7 Å². The summed E-state index contributed by atoms with van der Waals surface area (Å²) in [7, 11) is 1.35. The second-order valence-electron chi connectivity index (χ2n) is 11.4. The smallest absolute Gasteiger partial charge is 0.337 e. The van der Waals surface area contributed by atoms with Crippen molar-refractivity contribution in [3.8, 4) is 11.4 Å². The third kappa shape index (κ3) is 5.21. The summed E-state index contributed by atoms with van der Waals surface area (Å²) >= 11 is 6.28.